The van der Waals surface area contributed by atoms with Crippen LogP contribution in [0.15, 0.2) is 48.5 Å². The molecule has 0 spiro atoms. The summed E-state index contributed by atoms with van der Waals surface area (Å²) in [7, 11) is 0. The Morgan fingerprint density at radius 1 is 1.20 bits per heavy atom. The Morgan fingerprint density at radius 3 is 2.72 bits per heavy atom. The van der Waals surface area contributed by atoms with Gasteiger partial charge in [-0.2, -0.15) is 0 Å². The molecule has 0 saturated heterocycles. The van der Waals surface area contributed by atoms with E-state index in [1.54, 1.807) is 11.8 Å². The van der Waals surface area contributed by atoms with Crippen LogP contribution in [0.3, 0.4) is 0 Å². The summed E-state index contributed by atoms with van der Waals surface area (Å²) in [5.41, 5.74) is 3.70. The van der Waals surface area contributed by atoms with Crippen molar-refractivity contribution in [1.29, 1.82) is 0 Å². The molecule has 1 aliphatic rings. The molecule has 1 N–H and O–H groups in total. The zero-order chi connectivity index (χ0) is 17.9. The second-order valence-electron chi connectivity index (χ2n) is 7.01. The number of hydrogen-bond donors (Lipinski definition) is 1. The molecular formula is C21H24ClNOS. The third-order valence-electron chi connectivity index (χ3n) is 4.77. The Morgan fingerprint density at radius 2 is 1.92 bits per heavy atom. The molecule has 4 heteroatoms. The van der Waals surface area contributed by atoms with Gasteiger partial charge < -0.3 is 5.32 Å². The van der Waals surface area contributed by atoms with E-state index in [4.69, 9.17) is 11.6 Å². The van der Waals surface area contributed by atoms with E-state index < -0.39 is 4.75 Å². The van der Waals surface area contributed by atoms with E-state index in [1.807, 2.05) is 38.1 Å². The fraction of sp³-hybridized carbons (Fsp3) is 0.381. The van der Waals surface area contributed by atoms with Crippen molar-refractivity contribution in [3.63, 3.8) is 0 Å². The third kappa shape index (κ3) is 4.39. The Labute approximate surface area is 159 Å². The molecule has 1 atom stereocenters. The lowest BCUT2D eigenvalue weighted by molar-refractivity contribution is -0.123. The van der Waals surface area contributed by atoms with Crippen LogP contribution in [0.2, 0.25) is 5.02 Å². The highest BCUT2D eigenvalue weighted by Crippen LogP contribution is 2.34. The summed E-state index contributed by atoms with van der Waals surface area (Å²) in [4.78, 5) is 12.9. The molecule has 0 saturated carbocycles. The van der Waals surface area contributed by atoms with Crippen molar-refractivity contribution in [3.8, 4) is 0 Å². The predicted molar refractivity (Wildman–Crippen MR) is 107 cm³/mol. The molecule has 0 fully saturated rings. The van der Waals surface area contributed by atoms with Crippen molar-refractivity contribution < 1.29 is 4.79 Å². The number of fused-ring (bicyclic) bond motifs is 1. The molecule has 1 amide bonds. The zero-order valence-electron chi connectivity index (χ0n) is 14.7. The Bertz CT molecular complexity index is 759. The lowest BCUT2D eigenvalue weighted by Gasteiger charge is -2.30. The summed E-state index contributed by atoms with van der Waals surface area (Å²) in [6.45, 7) is 3.97. The summed E-state index contributed by atoms with van der Waals surface area (Å²) in [6.07, 6.45) is 3.23. The molecule has 132 valence electrons. The highest BCUT2D eigenvalue weighted by Gasteiger charge is 2.31. The van der Waals surface area contributed by atoms with Crippen LogP contribution >= 0.6 is 23.4 Å². The smallest absolute Gasteiger partial charge is 0.236 e. The van der Waals surface area contributed by atoms with Gasteiger partial charge in [0, 0.05) is 10.8 Å². The maximum Gasteiger partial charge on any atom is 0.236 e. The quantitative estimate of drug-likeness (QED) is 0.744. The number of hydrogen-bond acceptors (Lipinski definition) is 2. The van der Waals surface area contributed by atoms with Gasteiger partial charge in [-0.15, -0.1) is 11.8 Å². The number of rotatable bonds is 5. The second-order valence-corrected chi connectivity index (χ2v) is 9.01. The molecule has 0 aliphatic heterocycles. The first-order valence-electron chi connectivity index (χ1n) is 8.73. The van der Waals surface area contributed by atoms with E-state index in [2.05, 4.69) is 29.6 Å². The first-order chi connectivity index (χ1) is 12.0. The van der Waals surface area contributed by atoms with Crippen LogP contribution in [0.5, 0.6) is 0 Å². The van der Waals surface area contributed by atoms with Crippen molar-refractivity contribution >= 4 is 29.3 Å². The van der Waals surface area contributed by atoms with Crippen LogP contribution in [-0.2, 0) is 17.0 Å². The number of nitrogens with one attached hydrogen (secondary N) is 1. The van der Waals surface area contributed by atoms with Gasteiger partial charge >= 0.3 is 0 Å². The van der Waals surface area contributed by atoms with Gasteiger partial charge in [-0.3, -0.25) is 4.79 Å². The number of amides is 1. The van der Waals surface area contributed by atoms with Crippen molar-refractivity contribution in [2.45, 2.75) is 49.7 Å². The molecular weight excluding hydrogens is 350 g/mol. The van der Waals surface area contributed by atoms with Gasteiger partial charge in [0.2, 0.25) is 5.91 Å². The van der Waals surface area contributed by atoms with Crippen molar-refractivity contribution in [1.82, 2.24) is 5.32 Å². The minimum absolute atomic E-state index is 0.0891. The maximum absolute atomic E-state index is 12.9. The maximum atomic E-state index is 12.9. The minimum Gasteiger partial charge on any atom is -0.348 e. The van der Waals surface area contributed by atoms with Gasteiger partial charge in [-0.25, -0.2) is 0 Å². The Hall–Kier alpha value is -1.45. The van der Waals surface area contributed by atoms with Gasteiger partial charge in [-0.1, -0.05) is 54.1 Å². The lowest BCUT2D eigenvalue weighted by Crippen LogP contribution is -2.42. The van der Waals surface area contributed by atoms with Crippen molar-refractivity contribution in [2.75, 3.05) is 0 Å². The summed E-state index contributed by atoms with van der Waals surface area (Å²) in [6, 6.07) is 16.4. The molecule has 1 aliphatic carbocycles. The van der Waals surface area contributed by atoms with Crippen LogP contribution in [0.4, 0.5) is 0 Å². The highest BCUT2D eigenvalue weighted by atomic mass is 35.5. The molecule has 0 unspecified atom stereocenters. The van der Waals surface area contributed by atoms with Crippen LogP contribution in [0.1, 0.15) is 49.4 Å². The van der Waals surface area contributed by atoms with Crippen LogP contribution in [0, 0.1) is 0 Å². The topological polar surface area (TPSA) is 29.1 Å². The van der Waals surface area contributed by atoms with Gasteiger partial charge in [0.1, 0.15) is 0 Å². The molecule has 25 heavy (non-hydrogen) atoms. The molecule has 0 heterocycles. The van der Waals surface area contributed by atoms with E-state index in [0.717, 1.165) is 35.6 Å². The number of carbonyl (C=O) groups excluding carboxylic acids is 1. The largest absolute Gasteiger partial charge is 0.348 e. The monoisotopic (exact) mass is 373 g/mol. The second kappa shape index (κ2) is 7.84. The molecule has 2 aromatic carbocycles. The Kier molecular flexibility index (Phi) is 5.75. The summed E-state index contributed by atoms with van der Waals surface area (Å²) < 4.78 is -0.508. The standard InChI is InChI=1S/C21H24ClNOS/c1-21(2,25-14-16-9-4-6-12-18(16)22)20(24)23-19-13-7-10-15-8-3-5-11-17(15)19/h3-6,8-9,11-12,19H,7,10,13-14H2,1-2H3,(H,23,24)/t19-/m1/s1. The molecule has 2 aromatic rings. The van der Waals surface area contributed by atoms with Crippen LogP contribution in [0.25, 0.3) is 0 Å². The highest BCUT2D eigenvalue weighted by molar-refractivity contribution is 8.00. The normalized spacial score (nSPS) is 17.0. The van der Waals surface area contributed by atoms with Gasteiger partial charge in [0.05, 0.1) is 10.8 Å². The molecule has 2 nitrogen and oxygen atoms in total. The molecule has 0 bridgehead atoms. The average Bonchev–Trinajstić information content (AvgIpc) is 2.61. The number of carbonyl (C=O) groups is 1. The Balaban J connectivity index is 1.65. The average molecular weight is 374 g/mol. The van der Waals surface area contributed by atoms with Crippen LogP contribution < -0.4 is 5.32 Å². The lowest BCUT2D eigenvalue weighted by atomic mass is 9.87. The fourth-order valence-corrected chi connectivity index (χ4v) is 4.41. The first-order valence-corrected chi connectivity index (χ1v) is 10.1. The van der Waals surface area contributed by atoms with E-state index in [9.17, 15) is 4.79 Å². The summed E-state index contributed by atoms with van der Waals surface area (Å²) >= 11 is 7.86. The minimum atomic E-state index is -0.508. The van der Waals surface area contributed by atoms with Gasteiger partial charge in [-0.05, 0) is 55.9 Å². The van der Waals surface area contributed by atoms with Crippen molar-refractivity contribution in [3.05, 3.63) is 70.2 Å². The van der Waals surface area contributed by atoms with E-state index in [-0.39, 0.29) is 11.9 Å². The van der Waals surface area contributed by atoms with E-state index in [0.29, 0.717) is 0 Å². The van der Waals surface area contributed by atoms with Gasteiger partial charge in [0.15, 0.2) is 0 Å². The zero-order valence-corrected chi connectivity index (χ0v) is 16.3. The van der Waals surface area contributed by atoms with E-state index >= 15 is 0 Å². The number of aryl methyl sites for hydroxylation is 1. The third-order valence-corrected chi connectivity index (χ3v) is 6.50. The van der Waals surface area contributed by atoms with Gasteiger partial charge in [0.25, 0.3) is 0 Å². The predicted octanol–water partition coefficient (Wildman–Crippen LogP) is 5.55. The summed E-state index contributed by atoms with van der Waals surface area (Å²) in [5, 5.41) is 4.03. The molecule has 0 radical (unpaired) electrons. The number of halogens is 1. The van der Waals surface area contributed by atoms with Crippen molar-refractivity contribution in [2.24, 2.45) is 0 Å². The molecule has 0 aromatic heterocycles. The van der Waals surface area contributed by atoms with E-state index in [1.165, 1.54) is 11.1 Å². The van der Waals surface area contributed by atoms with Crippen LogP contribution in [-0.4, -0.2) is 10.7 Å². The number of thioether (sulfide) groups is 1. The molecule has 3 rings (SSSR count). The SMILES string of the molecule is CC(C)(SCc1ccccc1Cl)C(=O)N[C@@H]1CCCc2ccccc21. The fourth-order valence-electron chi connectivity index (χ4n) is 3.18. The summed E-state index contributed by atoms with van der Waals surface area (Å²) in [5.74, 6) is 0.813. The number of benzene rings is 2. The first kappa shape index (κ1) is 18.3.